The van der Waals surface area contributed by atoms with Crippen molar-refractivity contribution in [2.24, 2.45) is 0 Å². The van der Waals surface area contributed by atoms with Crippen LogP contribution in [0, 0.1) is 0 Å². The standard InChI is InChI=1S/C24H20O2S.C4H4O/c25-27(26,18-8-2-1-3-9-18)24-12-6-11-20-22-14-13-17-7-4-5-10-19(17)21(22)15-16-23(20)24;1-2-4-5-3-1/h1-5,7-10,13-16,24H,6,11-12H2;1-4H. The highest BCUT2D eigenvalue weighted by molar-refractivity contribution is 7.91. The molecule has 0 spiro atoms. The minimum absolute atomic E-state index is 0.418. The summed E-state index contributed by atoms with van der Waals surface area (Å²) in [6.07, 6.45) is 5.77. The summed E-state index contributed by atoms with van der Waals surface area (Å²) in [4.78, 5) is 0.418. The van der Waals surface area contributed by atoms with E-state index in [1.165, 1.54) is 27.1 Å². The first kappa shape index (κ1) is 20.5. The van der Waals surface area contributed by atoms with Gasteiger partial charge in [-0.15, -0.1) is 0 Å². The van der Waals surface area contributed by atoms with Crippen molar-refractivity contribution in [1.82, 2.24) is 0 Å². The van der Waals surface area contributed by atoms with Crippen LogP contribution in [0.5, 0.6) is 0 Å². The molecule has 32 heavy (non-hydrogen) atoms. The van der Waals surface area contributed by atoms with E-state index >= 15 is 0 Å². The largest absolute Gasteiger partial charge is 0.473 e. The second-order valence-corrected chi connectivity index (χ2v) is 10.2. The van der Waals surface area contributed by atoms with Crippen LogP contribution in [0.15, 0.2) is 113 Å². The molecule has 0 saturated carbocycles. The molecule has 1 aliphatic rings. The Morgan fingerprint density at radius 2 is 1.41 bits per heavy atom. The molecule has 6 rings (SSSR count). The van der Waals surface area contributed by atoms with Gasteiger partial charge in [0, 0.05) is 0 Å². The third-order valence-corrected chi connectivity index (χ3v) is 8.35. The second-order valence-electron chi connectivity index (χ2n) is 8.05. The summed E-state index contributed by atoms with van der Waals surface area (Å²) in [6.45, 7) is 0. The maximum Gasteiger partial charge on any atom is 0.185 e. The maximum absolute atomic E-state index is 13.3. The molecular weight excluding hydrogens is 416 g/mol. The van der Waals surface area contributed by atoms with Crippen LogP contribution in [0.25, 0.3) is 21.5 Å². The highest BCUT2D eigenvalue weighted by Gasteiger charge is 2.33. The molecule has 3 nitrogen and oxygen atoms in total. The number of benzene rings is 4. The van der Waals surface area contributed by atoms with Crippen molar-refractivity contribution >= 4 is 31.4 Å². The average molecular weight is 441 g/mol. The molecule has 1 aromatic heterocycles. The molecule has 0 saturated heterocycles. The number of aryl methyl sites for hydroxylation is 1. The van der Waals surface area contributed by atoms with Gasteiger partial charge in [-0.1, -0.05) is 66.7 Å². The van der Waals surface area contributed by atoms with Gasteiger partial charge in [-0.25, -0.2) is 8.42 Å². The highest BCUT2D eigenvalue weighted by Crippen LogP contribution is 2.42. The van der Waals surface area contributed by atoms with Gasteiger partial charge in [0.1, 0.15) is 0 Å². The first-order valence-corrected chi connectivity index (χ1v) is 12.4. The summed E-state index contributed by atoms with van der Waals surface area (Å²) in [6, 6.07) is 29.4. The number of furan rings is 1. The van der Waals surface area contributed by atoms with Crippen molar-refractivity contribution < 1.29 is 12.8 Å². The van der Waals surface area contributed by atoms with E-state index in [1.54, 1.807) is 36.8 Å². The molecule has 0 bridgehead atoms. The Morgan fingerprint density at radius 3 is 2.16 bits per heavy atom. The van der Waals surface area contributed by atoms with Gasteiger partial charge in [0.15, 0.2) is 9.84 Å². The molecular formula is C28H24O3S. The topological polar surface area (TPSA) is 47.3 Å². The minimum atomic E-state index is -3.39. The van der Waals surface area contributed by atoms with Crippen molar-refractivity contribution in [3.8, 4) is 0 Å². The normalized spacial score (nSPS) is 15.7. The van der Waals surface area contributed by atoms with E-state index in [-0.39, 0.29) is 0 Å². The van der Waals surface area contributed by atoms with Crippen LogP contribution in [-0.4, -0.2) is 8.42 Å². The lowest BCUT2D eigenvalue weighted by Gasteiger charge is -2.27. The van der Waals surface area contributed by atoms with E-state index in [0.717, 1.165) is 18.4 Å². The van der Waals surface area contributed by atoms with Gasteiger partial charge in [-0.3, -0.25) is 0 Å². The Bertz CT molecular complexity index is 1440. The minimum Gasteiger partial charge on any atom is -0.473 e. The van der Waals surface area contributed by atoms with Crippen molar-refractivity contribution in [3.05, 3.63) is 115 Å². The van der Waals surface area contributed by atoms with E-state index < -0.39 is 15.1 Å². The predicted molar refractivity (Wildman–Crippen MR) is 129 cm³/mol. The molecule has 1 heterocycles. The van der Waals surface area contributed by atoms with Crippen LogP contribution in [0.3, 0.4) is 0 Å². The lowest BCUT2D eigenvalue weighted by atomic mass is 9.86. The number of rotatable bonds is 2. The Labute approximate surface area is 188 Å². The smallest absolute Gasteiger partial charge is 0.185 e. The zero-order valence-electron chi connectivity index (χ0n) is 17.6. The molecule has 5 aromatic rings. The van der Waals surface area contributed by atoms with E-state index in [1.807, 2.05) is 18.2 Å². The maximum atomic E-state index is 13.3. The third-order valence-electron chi connectivity index (χ3n) is 6.19. The summed E-state index contributed by atoms with van der Waals surface area (Å²) in [5.41, 5.74) is 2.18. The molecule has 160 valence electrons. The van der Waals surface area contributed by atoms with Gasteiger partial charge in [-0.2, -0.15) is 0 Å². The van der Waals surface area contributed by atoms with Gasteiger partial charge in [-0.05, 0) is 76.2 Å². The van der Waals surface area contributed by atoms with Crippen LogP contribution in [0.1, 0.15) is 29.2 Å². The van der Waals surface area contributed by atoms with Crippen molar-refractivity contribution in [3.63, 3.8) is 0 Å². The molecule has 4 aromatic carbocycles. The van der Waals surface area contributed by atoms with Crippen LogP contribution < -0.4 is 0 Å². The summed E-state index contributed by atoms with van der Waals surface area (Å²) in [5, 5.41) is 4.39. The summed E-state index contributed by atoms with van der Waals surface area (Å²) in [7, 11) is -3.39. The van der Waals surface area contributed by atoms with Crippen molar-refractivity contribution in [2.45, 2.75) is 29.4 Å². The van der Waals surface area contributed by atoms with E-state index in [0.29, 0.717) is 11.3 Å². The van der Waals surface area contributed by atoms with Gasteiger partial charge < -0.3 is 4.42 Å². The van der Waals surface area contributed by atoms with Gasteiger partial charge in [0.25, 0.3) is 0 Å². The molecule has 1 unspecified atom stereocenters. The van der Waals surface area contributed by atoms with Crippen molar-refractivity contribution in [2.75, 3.05) is 0 Å². The average Bonchev–Trinajstić information content (AvgIpc) is 3.44. The molecule has 1 atom stereocenters. The highest BCUT2D eigenvalue weighted by atomic mass is 32.2. The van der Waals surface area contributed by atoms with Crippen LogP contribution in [-0.2, 0) is 16.3 Å². The van der Waals surface area contributed by atoms with Gasteiger partial charge in [0.2, 0.25) is 0 Å². The third kappa shape index (κ3) is 3.71. The van der Waals surface area contributed by atoms with Crippen LogP contribution in [0.4, 0.5) is 0 Å². The zero-order chi connectivity index (χ0) is 22.0. The molecule has 4 heteroatoms. The van der Waals surface area contributed by atoms with Gasteiger partial charge in [0.05, 0.1) is 22.7 Å². The SMILES string of the molecule is O=S(=O)(c1ccccc1)C1CCCc2c1ccc1c2ccc2ccccc21.c1ccoc1. The fraction of sp³-hybridized carbons (Fsp3) is 0.143. The van der Waals surface area contributed by atoms with E-state index in [9.17, 15) is 8.42 Å². The molecule has 0 aliphatic heterocycles. The fourth-order valence-electron chi connectivity index (χ4n) is 4.69. The Hall–Kier alpha value is -3.37. The first-order valence-electron chi connectivity index (χ1n) is 10.9. The summed E-state index contributed by atoms with van der Waals surface area (Å²) < 4.78 is 31.2. The zero-order valence-corrected chi connectivity index (χ0v) is 18.5. The van der Waals surface area contributed by atoms with E-state index in [2.05, 4.69) is 52.9 Å². The van der Waals surface area contributed by atoms with Crippen LogP contribution >= 0.6 is 0 Å². The Morgan fingerprint density at radius 1 is 0.688 bits per heavy atom. The number of hydrogen-bond donors (Lipinski definition) is 0. The number of hydrogen-bond acceptors (Lipinski definition) is 3. The van der Waals surface area contributed by atoms with E-state index in [4.69, 9.17) is 0 Å². The Kier molecular flexibility index (Phi) is 5.54. The lowest BCUT2D eigenvalue weighted by Crippen LogP contribution is -2.19. The van der Waals surface area contributed by atoms with Crippen molar-refractivity contribution in [1.29, 1.82) is 0 Å². The van der Waals surface area contributed by atoms with Crippen LogP contribution in [0.2, 0.25) is 0 Å². The lowest BCUT2D eigenvalue weighted by molar-refractivity contribution is 0.561. The molecule has 0 fully saturated rings. The molecule has 0 N–H and O–H groups in total. The molecule has 0 radical (unpaired) electrons. The summed E-state index contributed by atoms with van der Waals surface area (Å²) >= 11 is 0. The quantitative estimate of drug-likeness (QED) is 0.274. The first-order chi connectivity index (χ1) is 15.7. The van der Waals surface area contributed by atoms with Gasteiger partial charge >= 0.3 is 0 Å². The predicted octanol–water partition coefficient (Wildman–Crippen LogP) is 7.12. The number of fused-ring (bicyclic) bond motifs is 5. The Balaban J connectivity index is 0.000000383. The number of sulfone groups is 1. The molecule has 0 amide bonds. The fourth-order valence-corrected chi connectivity index (χ4v) is 6.59. The monoisotopic (exact) mass is 440 g/mol. The summed E-state index contributed by atoms with van der Waals surface area (Å²) in [5.74, 6) is 0. The second kappa shape index (κ2) is 8.64. The molecule has 1 aliphatic carbocycles.